The maximum Gasteiger partial charge on any atom is 0.251 e. The van der Waals surface area contributed by atoms with Gasteiger partial charge in [-0.25, -0.2) is 0 Å². The molecular formula is C26H38N4O4. The summed E-state index contributed by atoms with van der Waals surface area (Å²) in [5.41, 5.74) is 1.46. The molecule has 0 bridgehead atoms. The fourth-order valence-corrected chi connectivity index (χ4v) is 4.91. The molecule has 0 spiro atoms. The van der Waals surface area contributed by atoms with E-state index < -0.39 is 12.1 Å². The summed E-state index contributed by atoms with van der Waals surface area (Å²) in [5.74, 6) is -0.472. The van der Waals surface area contributed by atoms with Gasteiger partial charge in [0.15, 0.2) is 5.78 Å². The maximum absolute atomic E-state index is 13.6. The smallest absolute Gasteiger partial charge is 0.251 e. The van der Waals surface area contributed by atoms with Crippen LogP contribution in [-0.4, -0.2) is 78.6 Å². The van der Waals surface area contributed by atoms with Crippen LogP contribution in [0.3, 0.4) is 0 Å². The summed E-state index contributed by atoms with van der Waals surface area (Å²) in [5, 5.41) is 2.91. The lowest BCUT2D eigenvalue weighted by atomic mass is 10.0. The number of anilines is 1. The lowest BCUT2D eigenvalue weighted by Gasteiger charge is -2.29. The molecule has 8 nitrogen and oxygen atoms in total. The van der Waals surface area contributed by atoms with Crippen molar-refractivity contribution in [2.75, 3.05) is 32.1 Å². The first-order valence-electron chi connectivity index (χ1n) is 12.3. The lowest BCUT2D eigenvalue weighted by Crippen LogP contribution is -2.53. The molecule has 2 heterocycles. The van der Waals surface area contributed by atoms with Gasteiger partial charge in [-0.2, -0.15) is 0 Å². The van der Waals surface area contributed by atoms with E-state index in [1.54, 1.807) is 21.9 Å². The Morgan fingerprint density at radius 3 is 2.38 bits per heavy atom. The third-order valence-electron chi connectivity index (χ3n) is 6.73. The van der Waals surface area contributed by atoms with Gasteiger partial charge in [-0.15, -0.1) is 0 Å². The second-order valence-corrected chi connectivity index (χ2v) is 10.0. The monoisotopic (exact) mass is 470 g/mol. The highest BCUT2D eigenvalue weighted by Crippen LogP contribution is 2.31. The van der Waals surface area contributed by atoms with Crippen LogP contribution in [0.5, 0.6) is 0 Å². The van der Waals surface area contributed by atoms with Gasteiger partial charge in [0, 0.05) is 38.3 Å². The summed E-state index contributed by atoms with van der Waals surface area (Å²) in [6.07, 6.45) is 3.21. The van der Waals surface area contributed by atoms with Crippen LogP contribution in [0.15, 0.2) is 24.3 Å². The van der Waals surface area contributed by atoms with Crippen molar-refractivity contribution < 1.29 is 19.2 Å². The molecule has 1 aromatic rings. The molecule has 1 aromatic carbocycles. The van der Waals surface area contributed by atoms with E-state index in [4.69, 9.17) is 0 Å². The minimum atomic E-state index is -0.725. The average Bonchev–Trinajstić information content (AvgIpc) is 3.37. The number of likely N-dealkylation sites (tertiary alicyclic amines) is 2. The highest BCUT2D eigenvalue weighted by Gasteiger charge is 2.51. The first kappa shape index (κ1) is 25.7. The molecule has 1 N–H and O–H groups in total. The molecule has 2 fully saturated rings. The Morgan fingerprint density at radius 1 is 1.12 bits per heavy atom. The van der Waals surface area contributed by atoms with Crippen molar-refractivity contribution in [1.29, 1.82) is 0 Å². The Balaban J connectivity index is 1.73. The van der Waals surface area contributed by atoms with Crippen molar-refractivity contribution in [1.82, 2.24) is 15.1 Å². The quantitative estimate of drug-likeness (QED) is 0.599. The molecule has 0 aromatic heterocycles. The Labute approximate surface area is 202 Å². The summed E-state index contributed by atoms with van der Waals surface area (Å²) in [6.45, 7) is 6.52. The summed E-state index contributed by atoms with van der Waals surface area (Å²) < 4.78 is 0. The predicted molar refractivity (Wildman–Crippen MR) is 132 cm³/mol. The molecule has 0 radical (unpaired) electrons. The molecule has 8 heteroatoms. The maximum atomic E-state index is 13.6. The predicted octanol–water partition coefficient (Wildman–Crippen LogP) is 2.47. The number of carbonyl (C=O) groups excluding carboxylic acids is 4. The van der Waals surface area contributed by atoms with Crippen LogP contribution >= 0.6 is 0 Å². The number of rotatable bonds is 9. The Hall–Kier alpha value is -2.90. The van der Waals surface area contributed by atoms with Crippen molar-refractivity contribution in [3.05, 3.63) is 29.8 Å². The number of Topliss-reactive ketones (excluding diaryl/α,β-unsaturated/α-hetero) is 1. The number of ketones is 1. The van der Waals surface area contributed by atoms with E-state index in [2.05, 4.69) is 5.32 Å². The normalized spacial score (nSPS) is 20.5. The summed E-state index contributed by atoms with van der Waals surface area (Å²) in [7, 11) is 3.86. The van der Waals surface area contributed by atoms with E-state index in [0.29, 0.717) is 31.4 Å². The molecule has 34 heavy (non-hydrogen) atoms. The molecule has 2 aliphatic heterocycles. The van der Waals surface area contributed by atoms with Gasteiger partial charge in [-0.3, -0.25) is 19.2 Å². The second kappa shape index (κ2) is 11.0. The standard InChI is InChI=1S/C26H38N4O4/c1-6-7-8-23(32)30-16-22(31)24-21(30)13-14-29(24)26(34)20(15-17(2)3)27-25(33)18-9-11-19(12-10-18)28(4)5/h9-12,17,20-21,24H,6-8,13-16H2,1-5H3,(H,27,33). The Bertz CT molecular complexity index is 912. The fraction of sp³-hybridized carbons (Fsp3) is 0.615. The largest absolute Gasteiger partial charge is 0.378 e. The minimum absolute atomic E-state index is 0.00907. The molecule has 2 aliphatic rings. The van der Waals surface area contributed by atoms with Crippen molar-refractivity contribution in [2.24, 2.45) is 5.92 Å². The van der Waals surface area contributed by atoms with E-state index in [0.717, 1.165) is 18.5 Å². The van der Waals surface area contributed by atoms with Crippen molar-refractivity contribution in [3.63, 3.8) is 0 Å². The number of nitrogens with one attached hydrogen (secondary N) is 1. The van der Waals surface area contributed by atoms with Crippen molar-refractivity contribution in [2.45, 2.75) is 71.0 Å². The summed E-state index contributed by atoms with van der Waals surface area (Å²) in [4.78, 5) is 57.2. The Kier molecular flexibility index (Phi) is 8.33. The molecular weight excluding hydrogens is 432 g/mol. The number of amides is 3. The van der Waals surface area contributed by atoms with Gasteiger partial charge in [-0.05, 0) is 49.4 Å². The zero-order chi connectivity index (χ0) is 25.0. The number of unbranched alkanes of at least 4 members (excludes halogenated alkanes) is 1. The van der Waals surface area contributed by atoms with E-state index in [9.17, 15) is 19.2 Å². The van der Waals surface area contributed by atoms with Gasteiger partial charge >= 0.3 is 0 Å². The molecule has 0 saturated carbocycles. The number of benzene rings is 1. The zero-order valence-corrected chi connectivity index (χ0v) is 21.0. The molecule has 186 valence electrons. The SMILES string of the molecule is CCCCC(=O)N1CC(=O)C2C1CCN2C(=O)C(CC(C)C)NC(=O)c1ccc(N(C)C)cc1. The molecule has 3 rings (SSSR count). The third kappa shape index (κ3) is 5.59. The number of carbonyl (C=O) groups is 4. The van der Waals surface area contributed by atoms with Crippen LogP contribution in [0.2, 0.25) is 0 Å². The number of fused-ring (bicyclic) bond motifs is 1. The highest BCUT2D eigenvalue weighted by atomic mass is 16.2. The zero-order valence-electron chi connectivity index (χ0n) is 21.0. The number of hydrogen-bond donors (Lipinski definition) is 1. The van der Waals surface area contributed by atoms with Crippen LogP contribution in [0, 0.1) is 5.92 Å². The van der Waals surface area contributed by atoms with Crippen molar-refractivity contribution in [3.8, 4) is 0 Å². The summed E-state index contributed by atoms with van der Waals surface area (Å²) >= 11 is 0. The third-order valence-corrected chi connectivity index (χ3v) is 6.73. The number of nitrogens with zero attached hydrogens (tertiary/aromatic N) is 3. The first-order chi connectivity index (χ1) is 16.1. The van der Waals surface area contributed by atoms with Gasteiger partial charge < -0.3 is 20.0 Å². The topological polar surface area (TPSA) is 90.0 Å². The molecule has 0 aliphatic carbocycles. The Morgan fingerprint density at radius 2 is 1.79 bits per heavy atom. The van der Waals surface area contributed by atoms with E-state index >= 15 is 0 Å². The van der Waals surface area contributed by atoms with Gasteiger partial charge in [0.25, 0.3) is 5.91 Å². The van der Waals surface area contributed by atoms with Gasteiger partial charge in [0.2, 0.25) is 11.8 Å². The van der Waals surface area contributed by atoms with Crippen LogP contribution in [0.1, 0.15) is 63.2 Å². The molecule has 3 amide bonds. The lowest BCUT2D eigenvalue weighted by molar-refractivity contribution is -0.138. The minimum Gasteiger partial charge on any atom is -0.378 e. The van der Waals surface area contributed by atoms with Crippen LogP contribution in [-0.2, 0) is 14.4 Å². The van der Waals surface area contributed by atoms with Crippen LogP contribution < -0.4 is 10.2 Å². The van der Waals surface area contributed by atoms with Gasteiger partial charge in [0.05, 0.1) is 12.6 Å². The highest BCUT2D eigenvalue weighted by molar-refractivity contribution is 6.00. The second-order valence-electron chi connectivity index (χ2n) is 10.0. The van der Waals surface area contributed by atoms with E-state index in [1.807, 2.05) is 51.9 Å². The average molecular weight is 471 g/mol. The molecule has 2 saturated heterocycles. The van der Waals surface area contributed by atoms with E-state index in [1.165, 1.54) is 0 Å². The van der Waals surface area contributed by atoms with Gasteiger partial charge in [0.1, 0.15) is 12.1 Å². The molecule has 3 unspecified atom stereocenters. The van der Waals surface area contributed by atoms with Gasteiger partial charge in [-0.1, -0.05) is 27.2 Å². The van der Waals surface area contributed by atoms with Crippen LogP contribution in [0.25, 0.3) is 0 Å². The summed E-state index contributed by atoms with van der Waals surface area (Å²) in [6, 6.07) is 5.62. The molecule has 3 atom stereocenters. The van der Waals surface area contributed by atoms with Crippen LogP contribution in [0.4, 0.5) is 5.69 Å². The first-order valence-corrected chi connectivity index (χ1v) is 12.3. The van der Waals surface area contributed by atoms with Crippen molar-refractivity contribution >= 4 is 29.2 Å². The van der Waals surface area contributed by atoms with E-state index in [-0.39, 0.29) is 42.0 Å². The fourth-order valence-electron chi connectivity index (χ4n) is 4.91. The number of hydrogen-bond acceptors (Lipinski definition) is 5.